The number of fused-ring (bicyclic) bond motifs is 1. The summed E-state index contributed by atoms with van der Waals surface area (Å²) in [5.41, 5.74) is 5.83. The molecule has 0 N–H and O–H groups in total. The second-order valence-electron chi connectivity index (χ2n) is 8.21. The van der Waals surface area contributed by atoms with Crippen molar-refractivity contribution in [3.8, 4) is 22.7 Å². The van der Waals surface area contributed by atoms with Crippen molar-refractivity contribution in [1.82, 2.24) is 9.55 Å². The van der Waals surface area contributed by atoms with E-state index in [0.717, 1.165) is 34.6 Å². The first-order chi connectivity index (χ1) is 17.0. The van der Waals surface area contributed by atoms with E-state index in [0.29, 0.717) is 11.7 Å². The molecule has 5 nitrogen and oxygen atoms in total. The van der Waals surface area contributed by atoms with Crippen molar-refractivity contribution in [1.29, 1.82) is 0 Å². The standard InChI is InChI=1S/C27H23F2N3O2S/c1-18-6-8-20(9-7-18)24-16-30-27(32(24)21-10-12-22(13-11-21)34-26(28)29)35-17-25(33)31-15-14-19-4-2-3-5-23(19)31/h2-13,16,26H,14-15,17H2,1H3. The number of rotatable bonds is 7. The highest BCUT2D eigenvalue weighted by atomic mass is 32.2. The minimum absolute atomic E-state index is 0.0204. The third kappa shape index (κ3) is 4.93. The van der Waals surface area contributed by atoms with Crippen LogP contribution >= 0.6 is 11.8 Å². The number of anilines is 1. The molecule has 8 heteroatoms. The van der Waals surface area contributed by atoms with Crippen molar-refractivity contribution in [3.63, 3.8) is 0 Å². The Kier molecular flexibility index (Phi) is 6.55. The largest absolute Gasteiger partial charge is 0.435 e. The van der Waals surface area contributed by atoms with Crippen LogP contribution in [0.25, 0.3) is 16.9 Å². The average molecular weight is 492 g/mol. The number of hydrogen-bond donors (Lipinski definition) is 0. The number of benzene rings is 3. The Morgan fingerprint density at radius 3 is 2.54 bits per heavy atom. The van der Waals surface area contributed by atoms with E-state index in [-0.39, 0.29) is 17.4 Å². The summed E-state index contributed by atoms with van der Waals surface area (Å²) in [6.07, 6.45) is 2.62. The van der Waals surface area contributed by atoms with E-state index >= 15 is 0 Å². The van der Waals surface area contributed by atoms with Gasteiger partial charge in [-0.05, 0) is 49.2 Å². The lowest BCUT2D eigenvalue weighted by molar-refractivity contribution is -0.116. The molecule has 35 heavy (non-hydrogen) atoms. The zero-order chi connectivity index (χ0) is 24.4. The van der Waals surface area contributed by atoms with Crippen molar-refractivity contribution < 1.29 is 18.3 Å². The molecular formula is C27H23F2N3O2S. The molecule has 178 valence electrons. The summed E-state index contributed by atoms with van der Waals surface area (Å²) in [7, 11) is 0. The third-order valence-electron chi connectivity index (χ3n) is 5.91. The van der Waals surface area contributed by atoms with E-state index in [1.54, 1.807) is 18.3 Å². The van der Waals surface area contributed by atoms with Crippen LogP contribution < -0.4 is 9.64 Å². The summed E-state index contributed by atoms with van der Waals surface area (Å²) in [5, 5.41) is 0.643. The first kappa shape index (κ1) is 23.1. The predicted octanol–water partition coefficient (Wildman–Crippen LogP) is 6.13. The topological polar surface area (TPSA) is 47.4 Å². The van der Waals surface area contributed by atoms with Gasteiger partial charge in [0.1, 0.15) is 5.75 Å². The van der Waals surface area contributed by atoms with Crippen molar-refractivity contribution in [3.05, 3.63) is 90.1 Å². The fourth-order valence-electron chi connectivity index (χ4n) is 4.19. The van der Waals surface area contributed by atoms with Gasteiger partial charge in [-0.1, -0.05) is 59.8 Å². The number of hydrogen-bond acceptors (Lipinski definition) is 4. The van der Waals surface area contributed by atoms with Crippen LogP contribution in [0.2, 0.25) is 0 Å². The first-order valence-corrected chi connectivity index (χ1v) is 12.2. The Balaban J connectivity index is 1.43. The number of amides is 1. The Bertz CT molecular complexity index is 1340. The molecule has 5 rings (SSSR count). The Morgan fingerprint density at radius 2 is 1.80 bits per heavy atom. The zero-order valence-corrected chi connectivity index (χ0v) is 19.8. The summed E-state index contributed by atoms with van der Waals surface area (Å²) >= 11 is 1.35. The molecule has 3 aromatic carbocycles. The summed E-state index contributed by atoms with van der Waals surface area (Å²) in [6.45, 7) is -0.190. The third-order valence-corrected chi connectivity index (χ3v) is 6.85. The molecule has 0 radical (unpaired) electrons. The number of alkyl halides is 2. The molecule has 0 bridgehead atoms. The van der Waals surface area contributed by atoms with Crippen LogP contribution in [0.4, 0.5) is 14.5 Å². The highest BCUT2D eigenvalue weighted by Gasteiger charge is 2.25. The van der Waals surface area contributed by atoms with E-state index in [1.807, 2.05) is 58.9 Å². The van der Waals surface area contributed by atoms with Gasteiger partial charge in [-0.25, -0.2) is 4.98 Å². The predicted molar refractivity (Wildman–Crippen MR) is 134 cm³/mol. The van der Waals surface area contributed by atoms with Gasteiger partial charge in [0, 0.05) is 23.5 Å². The minimum Gasteiger partial charge on any atom is -0.435 e. The van der Waals surface area contributed by atoms with Crippen LogP contribution in [0.5, 0.6) is 5.75 Å². The molecule has 1 amide bonds. The quantitative estimate of drug-likeness (QED) is 0.292. The monoisotopic (exact) mass is 491 g/mol. The SMILES string of the molecule is Cc1ccc(-c2cnc(SCC(=O)N3CCc4ccccc43)n2-c2ccc(OC(F)F)cc2)cc1. The fourth-order valence-corrected chi connectivity index (χ4v) is 5.06. The molecular weight excluding hydrogens is 468 g/mol. The second-order valence-corrected chi connectivity index (χ2v) is 9.16. The molecule has 2 heterocycles. The molecule has 0 saturated heterocycles. The van der Waals surface area contributed by atoms with Gasteiger partial charge in [-0.2, -0.15) is 8.78 Å². The molecule has 4 aromatic rings. The van der Waals surface area contributed by atoms with Crippen LogP contribution in [-0.4, -0.2) is 34.4 Å². The van der Waals surface area contributed by atoms with Gasteiger partial charge in [-0.3, -0.25) is 9.36 Å². The number of imidazole rings is 1. The van der Waals surface area contributed by atoms with E-state index in [2.05, 4.69) is 15.8 Å². The average Bonchev–Trinajstić information content (AvgIpc) is 3.48. The molecule has 0 spiro atoms. The maximum absolute atomic E-state index is 13.1. The Labute approximate surface area is 206 Å². The number of ether oxygens (including phenoxy) is 1. The van der Waals surface area contributed by atoms with Gasteiger partial charge in [0.2, 0.25) is 5.91 Å². The number of aryl methyl sites for hydroxylation is 1. The number of carbonyl (C=O) groups is 1. The molecule has 1 aliphatic heterocycles. The van der Waals surface area contributed by atoms with Crippen molar-refractivity contribution in [2.75, 3.05) is 17.2 Å². The van der Waals surface area contributed by atoms with Crippen molar-refractivity contribution in [2.24, 2.45) is 0 Å². The first-order valence-electron chi connectivity index (χ1n) is 11.2. The lowest BCUT2D eigenvalue weighted by atomic mass is 10.1. The summed E-state index contributed by atoms with van der Waals surface area (Å²) in [4.78, 5) is 19.5. The van der Waals surface area contributed by atoms with E-state index in [4.69, 9.17) is 0 Å². The van der Waals surface area contributed by atoms with E-state index < -0.39 is 6.61 Å². The highest BCUT2D eigenvalue weighted by molar-refractivity contribution is 7.99. The van der Waals surface area contributed by atoms with E-state index in [1.165, 1.54) is 29.5 Å². The Hall–Kier alpha value is -3.65. The van der Waals surface area contributed by atoms with Gasteiger partial charge >= 0.3 is 6.61 Å². The van der Waals surface area contributed by atoms with Gasteiger partial charge < -0.3 is 9.64 Å². The Morgan fingerprint density at radius 1 is 1.06 bits per heavy atom. The summed E-state index contributed by atoms with van der Waals surface area (Å²) < 4.78 is 31.6. The number of carbonyl (C=O) groups excluding carboxylic acids is 1. The number of halogens is 2. The van der Waals surface area contributed by atoms with Crippen LogP contribution in [0.15, 0.2) is 84.1 Å². The molecule has 0 unspecified atom stereocenters. The number of para-hydroxylation sites is 1. The summed E-state index contributed by atoms with van der Waals surface area (Å²) in [5.74, 6) is 0.329. The van der Waals surface area contributed by atoms with Crippen molar-refractivity contribution >= 4 is 23.4 Å². The minimum atomic E-state index is -2.88. The molecule has 0 aliphatic carbocycles. The van der Waals surface area contributed by atoms with Crippen molar-refractivity contribution in [2.45, 2.75) is 25.1 Å². The molecule has 0 atom stereocenters. The highest BCUT2D eigenvalue weighted by Crippen LogP contribution is 2.33. The normalized spacial score (nSPS) is 12.7. The molecule has 0 saturated carbocycles. The number of aromatic nitrogens is 2. The van der Waals surface area contributed by atoms with Crippen LogP contribution in [0.3, 0.4) is 0 Å². The van der Waals surface area contributed by atoms with Crippen LogP contribution in [-0.2, 0) is 11.2 Å². The second kappa shape index (κ2) is 9.92. The lowest BCUT2D eigenvalue weighted by Crippen LogP contribution is -2.30. The zero-order valence-electron chi connectivity index (χ0n) is 19.0. The number of nitrogens with zero attached hydrogens (tertiary/aromatic N) is 3. The molecule has 1 aromatic heterocycles. The molecule has 1 aliphatic rings. The van der Waals surface area contributed by atoms with Gasteiger partial charge in [-0.15, -0.1) is 0 Å². The number of thioether (sulfide) groups is 1. The van der Waals surface area contributed by atoms with Crippen LogP contribution in [0.1, 0.15) is 11.1 Å². The van der Waals surface area contributed by atoms with Gasteiger partial charge in [0.25, 0.3) is 0 Å². The molecule has 0 fully saturated rings. The van der Waals surface area contributed by atoms with E-state index in [9.17, 15) is 13.6 Å². The maximum Gasteiger partial charge on any atom is 0.387 e. The maximum atomic E-state index is 13.1. The lowest BCUT2D eigenvalue weighted by Gasteiger charge is -2.17. The summed E-state index contributed by atoms with van der Waals surface area (Å²) in [6, 6.07) is 22.4. The van der Waals surface area contributed by atoms with Gasteiger partial charge in [0.15, 0.2) is 5.16 Å². The van der Waals surface area contributed by atoms with Gasteiger partial charge in [0.05, 0.1) is 17.6 Å². The smallest absolute Gasteiger partial charge is 0.387 e. The fraction of sp³-hybridized carbons (Fsp3) is 0.185. The van der Waals surface area contributed by atoms with Crippen LogP contribution in [0, 0.1) is 6.92 Å².